The fourth-order valence-corrected chi connectivity index (χ4v) is 2.85. The summed E-state index contributed by atoms with van der Waals surface area (Å²) in [6.07, 6.45) is 3.01. The number of aromatic nitrogens is 2. The van der Waals surface area contributed by atoms with Gasteiger partial charge in [-0.25, -0.2) is 14.8 Å². The molecule has 0 saturated carbocycles. The molecule has 0 aliphatic rings. The van der Waals surface area contributed by atoms with Gasteiger partial charge in [-0.1, -0.05) is 18.2 Å². The lowest BCUT2D eigenvalue weighted by atomic mass is 10.2. The van der Waals surface area contributed by atoms with Crippen molar-refractivity contribution in [1.29, 1.82) is 0 Å². The predicted molar refractivity (Wildman–Crippen MR) is 128 cm³/mol. The summed E-state index contributed by atoms with van der Waals surface area (Å²) in [6, 6.07) is 14.5. The maximum atomic E-state index is 13.0. The van der Waals surface area contributed by atoms with Crippen LogP contribution in [0, 0.1) is 0 Å². The second-order valence-electron chi connectivity index (χ2n) is 7.28. The Kier molecular flexibility index (Phi) is 7.58. The van der Waals surface area contributed by atoms with Gasteiger partial charge in [-0.15, -0.1) is 0 Å². The number of benzene rings is 1. The first-order chi connectivity index (χ1) is 15.4. The van der Waals surface area contributed by atoms with E-state index in [2.05, 4.69) is 36.6 Å². The Labute approximate surface area is 187 Å². The van der Waals surface area contributed by atoms with Crippen molar-refractivity contribution in [2.75, 3.05) is 27.8 Å². The zero-order chi connectivity index (χ0) is 22.9. The number of anilines is 5. The van der Waals surface area contributed by atoms with E-state index < -0.39 is 0 Å². The molecule has 0 spiro atoms. The summed E-state index contributed by atoms with van der Waals surface area (Å²) in [5, 5.41) is 14.6. The van der Waals surface area contributed by atoms with E-state index in [9.17, 15) is 9.59 Å². The summed E-state index contributed by atoms with van der Waals surface area (Å²) in [7, 11) is 0. The number of urea groups is 1. The largest absolute Gasteiger partial charge is 0.368 e. The van der Waals surface area contributed by atoms with Gasteiger partial charge in [0, 0.05) is 30.5 Å². The van der Waals surface area contributed by atoms with Crippen LogP contribution in [0.15, 0.2) is 60.9 Å². The molecule has 3 aromatic rings. The van der Waals surface area contributed by atoms with Gasteiger partial charge in [-0.2, -0.15) is 0 Å². The van der Waals surface area contributed by atoms with Gasteiger partial charge >= 0.3 is 6.03 Å². The third-order valence-electron chi connectivity index (χ3n) is 4.24. The Bertz CT molecular complexity index is 1050. The molecule has 32 heavy (non-hydrogen) atoms. The topological polar surface area (TPSA) is 120 Å². The third kappa shape index (κ3) is 6.43. The van der Waals surface area contributed by atoms with Crippen LogP contribution >= 0.6 is 0 Å². The zero-order valence-corrected chi connectivity index (χ0v) is 18.3. The number of carbonyl (C=O) groups is 2. The van der Waals surface area contributed by atoms with Crippen molar-refractivity contribution in [2.45, 2.75) is 26.8 Å². The predicted octanol–water partition coefficient (Wildman–Crippen LogP) is 4.43. The first-order valence-corrected chi connectivity index (χ1v) is 10.4. The van der Waals surface area contributed by atoms with E-state index in [1.165, 1.54) is 6.20 Å². The number of amides is 3. The van der Waals surface area contributed by atoms with Crippen LogP contribution in [-0.2, 0) is 0 Å². The van der Waals surface area contributed by atoms with Crippen molar-refractivity contribution >= 4 is 40.6 Å². The maximum absolute atomic E-state index is 13.0. The number of rotatable bonds is 8. The molecule has 0 saturated heterocycles. The summed E-state index contributed by atoms with van der Waals surface area (Å²) >= 11 is 0. The lowest BCUT2D eigenvalue weighted by Crippen LogP contribution is -2.28. The van der Waals surface area contributed by atoms with Crippen molar-refractivity contribution in [1.82, 2.24) is 15.3 Å². The molecule has 0 atom stereocenters. The number of pyridine rings is 2. The van der Waals surface area contributed by atoms with E-state index in [4.69, 9.17) is 0 Å². The highest BCUT2D eigenvalue weighted by atomic mass is 16.2. The SMILES string of the molecule is CCNC(=O)Nc1cc(Nc2ccccc2)c(C(=O)Nc2ccc(NC(C)C)nc2)cn1. The smallest absolute Gasteiger partial charge is 0.320 e. The number of nitrogens with one attached hydrogen (secondary N) is 5. The highest BCUT2D eigenvalue weighted by Crippen LogP contribution is 2.24. The number of hydrogen-bond donors (Lipinski definition) is 5. The first-order valence-electron chi connectivity index (χ1n) is 10.4. The Balaban J connectivity index is 1.82. The van der Waals surface area contributed by atoms with Gasteiger partial charge in [-0.05, 0) is 45.0 Å². The second kappa shape index (κ2) is 10.8. The van der Waals surface area contributed by atoms with Crippen molar-refractivity contribution < 1.29 is 9.59 Å². The molecular weight excluding hydrogens is 406 g/mol. The standard InChI is InChI=1S/C23H27N7O2/c1-4-24-23(32)30-21-12-19(28-16-8-6-5-7-9-16)18(14-26-21)22(31)29-17-10-11-20(25-13-17)27-15(2)3/h5-15H,4H2,1-3H3,(H,25,27)(H,29,31)(H3,24,26,28,30,32). The van der Waals surface area contributed by atoms with E-state index in [1.54, 1.807) is 24.4 Å². The molecule has 1 aromatic carbocycles. The molecule has 2 heterocycles. The summed E-state index contributed by atoms with van der Waals surface area (Å²) in [4.78, 5) is 33.4. The third-order valence-corrected chi connectivity index (χ3v) is 4.24. The number of carbonyl (C=O) groups excluding carboxylic acids is 2. The Morgan fingerprint density at radius 2 is 1.66 bits per heavy atom. The average Bonchev–Trinajstić information content (AvgIpc) is 2.76. The van der Waals surface area contributed by atoms with Crippen molar-refractivity contribution in [2.24, 2.45) is 0 Å². The van der Waals surface area contributed by atoms with Crippen molar-refractivity contribution in [3.05, 3.63) is 66.5 Å². The van der Waals surface area contributed by atoms with Crippen LogP contribution in [0.3, 0.4) is 0 Å². The quantitative estimate of drug-likeness (QED) is 0.358. The molecule has 0 aliphatic heterocycles. The molecule has 9 nitrogen and oxygen atoms in total. The van der Waals surface area contributed by atoms with E-state index in [0.29, 0.717) is 29.3 Å². The van der Waals surface area contributed by atoms with E-state index in [-0.39, 0.29) is 18.0 Å². The zero-order valence-electron chi connectivity index (χ0n) is 18.3. The molecule has 0 bridgehead atoms. The number of nitrogens with zero attached hydrogens (tertiary/aromatic N) is 2. The van der Waals surface area contributed by atoms with Gasteiger partial charge in [0.05, 0.1) is 23.1 Å². The van der Waals surface area contributed by atoms with Gasteiger partial charge in [-0.3, -0.25) is 10.1 Å². The van der Waals surface area contributed by atoms with Crippen LogP contribution in [0.4, 0.5) is 33.5 Å². The summed E-state index contributed by atoms with van der Waals surface area (Å²) in [6.45, 7) is 6.36. The summed E-state index contributed by atoms with van der Waals surface area (Å²) in [5.41, 5.74) is 2.17. The molecule has 0 unspecified atom stereocenters. The summed E-state index contributed by atoms with van der Waals surface area (Å²) in [5.74, 6) is 0.690. The minimum absolute atomic E-state index is 0.257. The Morgan fingerprint density at radius 1 is 0.906 bits per heavy atom. The molecule has 3 amide bonds. The summed E-state index contributed by atoms with van der Waals surface area (Å²) < 4.78 is 0. The molecule has 9 heteroatoms. The van der Waals surface area contributed by atoms with Gasteiger partial charge in [0.25, 0.3) is 5.91 Å². The Hall–Kier alpha value is -4.14. The van der Waals surface area contributed by atoms with Gasteiger partial charge in [0.2, 0.25) is 0 Å². The fourth-order valence-electron chi connectivity index (χ4n) is 2.85. The highest BCUT2D eigenvalue weighted by Gasteiger charge is 2.15. The molecule has 0 fully saturated rings. The van der Waals surface area contributed by atoms with Crippen molar-refractivity contribution in [3.63, 3.8) is 0 Å². The molecule has 2 aromatic heterocycles. The van der Waals surface area contributed by atoms with Crippen LogP contribution in [0.2, 0.25) is 0 Å². The van der Waals surface area contributed by atoms with E-state index >= 15 is 0 Å². The van der Waals surface area contributed by atoms with Crippen molar-refractivity contribution in [3.8, 4) is 0 Å². The van der Waals surface area contributed by atoms with Crippen LogP contribution in [0.25, 0.3) is 0 Å². The van der Waals surface area contributed by atoms with Crippen LogP contribution < -0.4 is 26.6 Å². The Morgan fingerprint density at radius 3 is 2.31 bits per heavy atom. The normalized spacial score (nSPS) is 10.4. The molecular formula is C23H27N7O2. The van der Waals surface area contributed by atoms with Crippen LogP contribution in [0.5, 0.6) is 0 Å². The van der Waals surface area contributed by atoms with Gasteiger partial charge in [0.1, 0.15) is 11.6 Å². The number of hydrogen-bond acceptors (Lipinski definition) is 6. The maximum Gasteiger partial charge on any atom is 0.320 e. The monoisotopic (exact) mass is 433 g/mol. The van der Waals surface area contributed by atoms with Crippen LogP contribution in [0.1, 0.15) is 31.1 Å². The molecule has 166 valence electrons. The fraction of sp³-hybridized carbons (Fsp3) is 0.217. The lowest BCUT2D eigenvalue weighted by Gasteiger charge is -2.14. The second-order valence-corrected chi connectivity index (χ2v) is 7.28. The van der Waals surface area contributed by atoms with Gasteiger partial charge in [0.15, 0.2) is 0 Å². The lowest BCUT2D eigenvalue weighted by molar-refractivity contribution is 0.102. The molecule has 0 radical (unpaired) electrons. The minimum atomic E-state index is -0.371. The van der Waals surface area contributed by atoms with Gasteiger partial charge < -0.3 is 21.3 Å². The minimum Gasteiger partial charge on any atom is -0.368 e. The molecule has 5 N–H and O–H groups in total. The number of para-hydroxylation sites is 1. The van der Waals surface area contributed by atoms with Crippen LogP contribution in [-0.4, -0.2) is 34.5 Å². The van der Waals surface area contributed by atoms with E-state index in [1.807, 2.05) is 51.1 Å². The average molecular weight is 434 g/mol. The molecule has 3 rings (SSSR count). The highest BCUT2D eigenvalue weighted by molar-refractivity contribution is 6.08. The first kappa shape index (κ1) is 22.5. The molecule has 0 aliphatic carbocycles. The van der Waals surface area contributed by atoms with E-state index in [0.717, 1.165) is 11.5 Å².